The summed E-state index contributed by atoms with van der Waals surface area (Å²) in [5, 5.41) is 2.61. The highest BCUT2D eigenvalue weighted by Gasteiger charge is 2.18. The van der Waals surface area contributed by atoms with Gasteiger partial charge in [-0.1, -0.05) is 34.1 Å². The number of amides is 1. The summed E-state index contributed by atoms with van der Waals surface area (Å²) >= 11 is 2.87. The number of nitrogens with one attached hydrogen (secondary N) is 1. The standard InChI is InChI=1S/C10H13BrN2O3S/c1-13(17(15,16)8-11)7-10(14)12-9-5-3-2-4-6-9/h2-6H,7-8H2,1H3,(H,12,14). The van der Waals surface area contributed by atoms with Crippen LogP contribution in [0.5, 0.6) is 0 Å². The third-order valence-electron chi connectivity index (χ3n) is 2.04. The zero-order valence-electron chi connectivity index (χ0n) is 9.26. The first kappa shape index (κ1) is 14.1. The molecule has 0 heterocycles. The fraction of sp³-hybridized carbons (Fsp3) is 0.300. The van der Waals surface area contributed by atoms with Crippen molar-refractivity contribution in [2.24, 2.45) is 0 Å². The third-order valence-corrected chi connectivity index (χ3v) is 5.13. The molecule has 1 aromatic carbocycles. The maximum Gasteiger partial charge on any atom is 0.239 e. The number of sulfonamides is 1. The molecule has 0 spiro atoms. The summed E-state index contributed by atoms with van der Waals surface area (Å²) in [6.45, 7) is -0.206. The second-order valence-electron chi connectivity index (χ2n) is 3.39. The van der Waals surface area contributed by atoms with Crippen molar-refractivity contribution in [3.63, 3.8) is 0 Å². The zero-order valence-corrected chi connectivity index (χ0v) is 11.7. The summed E-state index contributed by atoms with van der Waals surface area (Å²) in [7, 11) is -2.03. The fourth-order valence-corrected chi connectivity index (χ4v) is 2.64. The minimum absolute atomic E-state index is 0.199. The molecule has 0 bridgehead atoms. The minimum atomic E-state index is -3.40. The van der Waals surface area contributed by atoms with Crippen molar-refractivity contribution in [2.75, 3.05) is 23.6 Å². The average Bonchev–Trinajstić information content (AvgIpc) is 2.30. The number of halogens is 1. The van der Waals surface area contributed by atoms with Crippen LogP contribution >= 0.6 is 15.9 Å². The summed E-state index contributed by atoms with van der Waals surface area (Å²) in [6.07, 6.45) is 0. The molecule has 5 nitrogen and oxygen atoms in total. The lowest BCUT2D eigenvalue weighted by molar-refractivity contribution is -0.116. The van der Waals surface area contributed by atoms with Gasteiger partial charge >= 0.3 is 0 Å². The number of anilines is 1. The fourth-order valence-electron chi connectivity index (χ4n) is 1.11. The number of hydrogen-bond donors (Lipinski definition) is 1. The Hall–Kier alpha value is -0.920. The smallest absolute Gasteiger partial charge is 0.239 e. The van der Waals surface area contributed by atoms with Gasteiger partial charge in [0.25, 0.3) is 0 Å². The molecule has 0 aliphatic heterocycles. The van der Waals surface area contributed by atoms with Crippen LogP contribution in [0.2, 0.25) is 0 Å². The Bertz CT molecular complexity index is 476. The summed E-state index contributed by atoms with van der Waals surface area (Å²) in [4.78, 5) is 11.6. The van der Waals surface area contributed by atoms with Crippen molar-refractivity contribution >= 4 is 37.5 Å². The van der Waals surface area contributed by atoms with Crippen molar-refractivity contribution in [3.8, 4) is 0 Å². The van der Waals surface area contributed by atoms with Crippen LogP contribution in [0.1, 0.15) is 0 Å². The Balaban J connectivity index is 2.57. The molecule has 0 aliphatic carbocycles. The Kier molecular flexibility index (Phi) is 5.10. The van der Waals surface area contributed by atoms with Gasteiger partial charge in [-0.15, -0.1) is 0 Å². The highest BCUT2D eigenvalue weighted by molar-refractivity contribution is 9.10. The van der Waals surface area contributed by atoms with E-state index in [1.807, 2.05) is 6.07 Å². The van der Waals surface area contributed by atoms with Gasteiger partial charge < -0.3 is 5.32 Å². The van der Waals surface area contributed by atoms with E-state index in [1.165, 1.54) is 7.05 Å². The van der Waals surface area contributed by atoms with Gasteiger partial charge in [0.1, 0.15) is 4.66 Å². The highest BCUT2D eigenvalue weighted by Crippen LogP contribution is 2.06. The van der Waals surface area contributed by atoms with E-state index >= 15 is 0 Å². The van der Waals surface area contributed by atoms with Crippen LogP contribution in [0.4, 0.5) is 5.69 Å². The maximum atomic E-state index is 11.6. The highest BCUT2D eigenvalue weighted by atomic mass is 79.9. The Morgan fingerprint density at radius 2 is 1.94 bits per heavy atom. The number of nitrogens with zero attached hydrogens (tertiary/aromatic N) is 1. The van der Waals surface area contributed by atoms with Crippen LogP contribution in [-0.4, -0.2) is 36.9 Å². The molecule has 1 aromatic rings. The Morgan fingerprint density at radius 1 is 1.35 bits per heavy atom. The van der Waals surface area contributed by atoms with Crippen molar-refractivity contribution < 1.29 is 13.2 Å². The molecule has 0 radical (unpaired) electrons. The van der Waals surface area contributed by atoms with Crippen LogP contribution < -0.4 is 5.32 Å². The number of carbonyl (C=O) groups excluding carboxylic acids is 1. The molecule has 1 amide bonds. The SMILES string of the molecule is CN(CC(=O)Nc1ccccc1)S(=O)(=O)CBr. The molecule has 0 saturated carbocycles. The average molecular weight is 321 g/mol. The van der Waals surface area contributed by atoms with E-state index in [4.69, 9.17) is 0 Å². The molecule has 0 atom stereocenters. The van der Waals surface area contributed by atoms with Crippen LogP contribution in [0, 0.1) is 0 Å². The van der Waals surface area contributed by atoms with E-state index in [1.54, 1.807) is 24.3 Å². The van der Waals surface area contributed by atoms with Gasteiger partial charge in [0, 0.05) is 12.7 Å². The second kappa shape index (κ2) is 6.13. The van der Waals surface area contributed by atoms with Gasteiger partial charge in [-0.2, -0.15) is 4.31 Å². The number of para-hydroxylation sites is 1. The van der Waals surface area contributed by atoms with Crippen molar-refractivity contribution in [2.45, 2.75) is 0 Å². The molecule has 94 valence electrons. The lowest BCUT2D eigenvalue weighted by Crippen LogP contribution is -2.35. The van der Waals surface area contributed by atoms with Crippen LogP contribution in [0.15, 0.2) is 30.3 Å². The van der Waals surface area contributed by atoms with Gasteiger partial charge in [-0.05, 0) is 12.1 Å². The predicted molar refractivity (Wildman–Crippen MR) is 70.4 cm³/mol. The van der Waals surface area contributed by atoms with Gasteiger partial charge in [0.15, 0.2) is 0 Å². The van der Waals surface area contributed by atoms with E-state index in [-0.39, 0.29) is 17.1 Å². The molecule has 0 fully saturated rings. The van der Waals surface area contributed by atoms with Gasteiger partial charge in [-0.3, -0.25) is 4.79 Å². The van der Waals surface area contributed by atoms with E-state index in [9.17, 15) is 13.2 Å². The van der Waals surface area contributed by atoms with E-state index in [2.05, 4.69) is 21.2 Å². The monoisotopic (exact) mass is 320 g/mol. The van der Waals surface area contributed by atoms with Crippen LogP contribution in [0.25, 0.3) is 0 Å². The van der Waals surface area contributed by atoms with Crippen molar-refractivity contribution in [3.05, 3.63) is 30.3 Å². The number of likely N-dealkylation sites (N-methyl/N-ethyl adjacent to an activating group) is 1. The maximum absolute atomic E-state index is 11.6. The number of hydrogen-bond acceptors (Lipinski definition) is 3. The van der Waals surface area contributed by atoms with E-state index in [0.29, 0.717) is 5.69 Å². The largest absolute Gasteiger partial charge is 0.325 e. The Labute approximate surface area is 109 Å². The molecule has 0 aromatic heterocycles. The molecule has 1 rings (SSSR count). The van der Waals surface area contributed by atoms with Crippen LogP contribution in [-0.2, 0) is 14.8 Å². The molecule has 1 N–H and O–H groups in total. The second-order valence-corrected chi connectivity index (χ2v) is 6.77. The Morgan fingerprint density at radius 3 is 2.47 bits per heavy atom. The number of benzene rings is 1. The molecular weight excluding hydrogens is 308 g/mol. The summed E-state index contributed by atoms with van der Waals surface area (Å²) in [6, 6.07) is 8.87. The van der Waals surface area contributed by atoms with E-state index < -0.39 is 10.0 Å². The van der Waals surface area contributed by atoms with Gasteiger partial charge in [-0.25, -0.2) is 8.42 Å². The first-order valence-corrected chi connectivity index (χ1v) is 7.53. The number of rotatable bonds is 5. The number of carbonyl (C=O) groups is 1. The molecule has 7 heteroatoms. The van der Waals surface area contributed by atoms with Crippen molar-refractivity contribution in [1.82, 2.24) is 4.31 Å². The predicted octanol–water partition coefficient (Wildman–Crippen LogP) is 1.24. The van der Waals surface area contributed by atoms with Gasteiger partial charge in [0.2, 0.25) is 15.9 Å². The first-order valence-electron chi connectivity index (χ1n) is 4.80. The zero-order chi connectivity index (χ0) is 12.9. The quantitative estimate of drug-likeness (QED) is 0.830. The first-order chi connectivity index (χ1) is 7.95. The number of alkyl halides is 1. The summed E-state index contributed by atoms with van der Waals surface area (Å²) < 4.78 is 23.6. The molecule has 17 heavy (non-hydrogen) atoms. The topological polar surface area (TPSA) is 66.5 Å². The molecule has 0 aliphatic rings. The normalized spacial score (nSPS) is 11.5. The van der Waals surface area contributed by atoms with Gasteiger partial charge in [0.05, 0.1) is 6.54 Å². The molecule has 0 unspecified atom stereocenters. The van der Waals surface area contributed by atoms with Crippen LogP contribution in [0.3, 0.4) is 0 Å². The third kappa shape index (κ3) is 4.45. The lowest BCUT2D eigenvalue weighted by Gasteiger charge is -2.14. The molecule has 0 saturated heterocycles. The van der Waals surface area contributed by atoms with E-state index in [0.717, 1.165) is 4.31 Å². The van der Waals surface area contributed by atoms with Crippen molar-refractivity contribution in [1.29, 1.82) is 0 Å². The summed E-state index contributed by atoms with van der Waals surface area (Å²) in [5.74, 6) is -0.372. The minimum Gasteiger partial charge on any atom is -0.325 e. The summed E-state index contributed by atoms with van der Waals surface area (Å²) in [5.41, 5.74) is 0.641. The lowest BCUT2D eigenvalue weighted by atomic mass is 10.3. The molecular formula is C10H13BrN2O3S.